The molecule has 0 saturated heterocycles. The molecular weight excluding hydrogens is 484 g/mol. The lowest BCUT2D eigenvalue weighted by atomic mass is 10.1. The number of aliphatic hydroxyl groups excluding tert-OH is 2. The van der Waals surface area contributed by atoms with Gasteiger partial charge in [-0.3, -0.25) is 0 Å². The third-order valence-corrected chi connectivity index (χ3v) is 6.32. The van der Waals surface area contributed by atoms with Crippen molar-refractivity contribution in [3.05, 3.63) is 35.4 Å². The summed E-state index contributed by atoms with van der Waals surface area (Å²) in [6, 6.07) is 9.16. The summed E-state index contributed by atoms with van der Waals surface area (Å²) in [6.45, 7) is 18.1. The van der Waals surface area contributed by atoms with Gasteiger partial charge in [0.05, 0.1) is 39.3 Å². The van der Waals surface area contributed by atoms with Crippen LogP contribution < -0.4 is 34.0 Å². The van der Waals surface area contributed by atoms with Crippen molar-refractivity contribution in [2.75, 3.05) is 52.5 Å². The molecule has 0 aliphatic heterocycles. The predicted molar refractivity (Wildman–Crippen MR) is 110 cm³/mol. The lowest BCUT2D eigenvalue weighted by Crippen LogP contribution is -3.00. The molecule has 166 valence electrons. The van der Waals surface area contributed by atoms with Gasteiger partial charge in [-0.1, -0.05) is 24.3 Å². The molecule has 28 heavy (non-hydrogen) atoms. The van der Waals surface area contributed by atoms with Gasteiger partial charge in [0.1, 0.15) is 13.1 Å². The summed E-state index contributed by atoms with van der Waals surface area (Å²) < 4.78 is 2.08. The molecule has 2 N–H and O–H groups in total. The van der Waals surface area contributed by atoms with Gasteiger partial charge in [0.25, 0.3) is 0 Å². The predicted octanol–water partition coefficient (Wildman–Crippen LogP) is -2.83. The summed E-state index contributed by atoms with van der Waals surface area (Å²) in [5, 5.41) is 18.4. The molecule has 6 heteroatoms. The summed E-state index contributed by atoms with van der Waals surface area (Å²) in [5.41, 5.74) is 2.77. The second kappa shape index (κ2) is 15.8. The highest BCUT2D eigenvalue weighted by atomic mass is 79.9. The molecular formula is C22H42Br2N2O2. The molecule has 0 saturated carbocycles. The van der Waals surface area contributed by atoms with E-state index < -0.39 is 0 Å². The van der Waals surface area contributed by atoms with E-state index >= 15 is 0 Å². The molecule has 0 aromatic heterocycles. The van der Waals surface area contributed by atoms with E-state index in [1.807, 2.05) is 0 Å². The van der Waals surface area contributed by atoms with Gasteiger partial charge >= 0.3 is 0 Å². The van der Waals surface area contributed by atoms with E-state index in [1.165, 1.54) is 11.1 Å². The minimum atomic E-state index is 0. The molecule has 0 aliphatic carbocycles. The molecule has 4 nitrogen and oxygen atoms in total. The molecule has 0 fully saturated rings. The van der Waals surface area contributed by atoms with E-state index in [9.17, 15) is 10.2 Å². The fraction of sp³-hybridized carbons (Fsp3) is 0.727. The molecule has 0 amide bonds. The Hall–Kier alpha value is 0.0200. The smallest absolute Gasteiger partial charge is 0.104 e. The van der Waals surface area contributed by atoms with Crippen LogP contribution in [0.25, 0.3) is 0 Å². The van der Waals surface area contributed by atoms with Crippen LogP contribution in [0.15, 0.2) is 24.3 Å². The highest BCUT2D eigenvalue weighted by molar-refractivity contribution is 5.21. The first-order valence-corrected chi connectivity index (χ1v) is 10.5. The van der Waals surface area contributed by atoms with Gasteiger partial charge < -0.3 is 53.1 Å². The van der Waals surface area contributed by atoms with E-state index in [0.29, 0.717) is 0 Å². The zero-order valence-electron chi connectivity index (χ0n) is 18.3. The Morgan fingerprint density at radius 2 is 0.893 bits per heavy atom. The highest BCUT2D eigenvalue weighted by Crippen LogP contribution is 2.19. The van der Waals surface area contributed by atoms with Gasteiger partial charge in [0.15, 0.2) is 0 Å². The van der Waals surface area contributed by atoms with Crippen LogP contribution in [0.3, 0.4) is 0 Å². The third kappa shape index (κ3) is 9.23. The van der Waals surface area contributed by atoms with E-state index in [-0.39, 0.29) is 47.2 Å². The largest absolute Gasteiger partial charge is 1.00 e. The van der Waals surface area contributed by atoms with Crippen molar-refractivity contribution in [1.82, 2.24) is 0 Å². The summed E-state index contributed by atoms with van der Waals surface area (Å²) in [4.78, 5) is 0. The van der Waals surface area contributed by atoms with E-state index in [2.05, 4.69) is 52.0 Å². The number of rotatable bonds is 14. The molecule has 1 aromatic carbocycles. The highest BCUT2D eigenvalue weighted by Gasteiger charge is 2.25. The fourth-order valence-corrected chi connectivity index (χ4v) is 4.02. The quantitative estimate of drug-likeness (QED) is 0.257. The summed E-state index contributed by atoms with van der Waals surface area (Å²) in [5.74, 6) is 0. The topological polar surface area (TPSA) is 40.5 Å². The molecule has 0 atom stereocenters. The Bertz CT molecular complexity index is 445. The third-order valence-electron chi connectivity index (χ3n) is 6.32. The number of hydrogen-bond acceptors (Lipinski definition) is 2. The number of quaternary nitrogens is 2. The zero-order chi connectivity index (χ0) is 19.5. The SMILES string of the molecule is CC[N+](CC)(CCCO)Cc1ccc(C[N+](CC)(CC)CCCO)cc1.[Br-].[Br-]. The van der Waals surface area contributed by atoms with Crippen molar-refractivity contribution in [2.45, 2.75) is 53.6 Å². The van der Waals surface area contributed by atoms with Crippen molar-refractivity contribution >= 4 is 0 Å². The minimum absolute atomic E-state index is 0. The lowest BCUT2D eigenvalue weighted by Gasteiger charge is -2.38. The fourth-order valence-electron chi connectivity index (χ4n) is 4.02. The summed E-state index contributed by atoms with van der Waals surface area (Å²) in [6.07, 6.45) is 1.75. The Kier molecular flexibility index (Phi) is 17.1. The van der Waals surface area contributed by atoms with Crippen LogP contribution in [0.5, 0.6) is 0 Å². The first kappa shape index (κ1) is 30.2. The maximum absolute atomic E-state index is 9.21. The van der Waals surface area contributed by atoms with Crippen molar-refractivity contribution in [3.63, 3.8) is 0 Å². The molecule has 0 bridgehead atoms. The number of hydrogen-bond donors (Lipinski definition) is 2. The molecule has 0 radical (unpaired) electrons. The Balaban J connectivity index is 0. The van der Waals surface area contributed by atoms with Crippen LogP contribution in [-0.4, -0.2) is 71.7 Å². The van der Waals surface area contributed by atoms with Gasteiger partial charge in [0.2, 0.25) is 0 Å². The lowest BCUT2D eigenvalue weighted by molar-refractivity contribution is -0.938. The van der Waals surface area contributed by atoms with Gasteiger partial charge in [-0.2, -0.15) is 0 Å². The molecule has 0 aliphatic rings. The second-order valence-electron chi connectivity index (χ2n) is 7.68. The van der Waals surface area contributed by atoms with Crippen LogP contribution in [0, 0.1) is 0 Å². The van der Waals surface area contributed by atoms with Crippen molar-refractivity contribution in [3.8, 4) is 0 Å². The maximum Gasteiger partial charge on any atom is 0.104 e. The van der Waals surface area contributed by atoms with Crippen LogP contribution in [0.2, 0.25) is 0 Å². The monoisotopic (exact) mass is 524 g/mol. The Morgan fingerprint density at radius 3 is 1.11 bits per heavy atom. The molecule has 0 unspecified atom stereocenters. The average Bonchev–Trinajstić information content (AvgIpc) is 2.70. The molecule has 1 rings (SSSR count). The van der Waals surface area contributed by atoms with E-state index in [1.54, 1.807) is 0 Å². The number of nitrogens with zero attached hydrogens (tertiary/aromatic N) is 2. The van der Waals surface area contributed by atoms with Crippen LogP contribution in [0.1, 0.15) is 51.7 Å². The summed E-state index contributed by atoms with van der Waals surface area (Å²) in [7, 11) is 0. The first-order chi connectivity index (χ1) is 12.5. The molecule has 1 aromatic rings. The van der Waals surface area contributed by atoms with Crippen LogP contribution in [0.4, 0.5) is 0 Å². The normalized spacial score (nSPS) is 11.6. The standard InChI is InChI=1S/C22H42N2O2.2BrH/c1-5-23(6-2,15-9-17-25)19-21-11-13-22(14-12-21)20-24(7-3,8-4)16-10-18-26;;/h11-14,25-26H,5-10,15-20H2,1-4H3;2*1H/q+2;;/p-2. The second-order valence-corrected chi connectivity index (χ2v) is 7.68. The van der Waals surface area contributed by atoms with Gasteiger partial charge in [0, 0.05) is 37.2 Å². The number of benzene rings is 1. The van der Waals surface area contributed by atoms with Gasteiger partial charge in [-0.25, -0.2) is 0 Å². The molecule has 0 heterocycles. The van der Waals surface area contributed by atoms with Crippen LogP contribution >= 0.6 is 0 Å². The van der Waals surface area contributed by atoms with Crippen LogP contribution in [-0.2, 0) is 13.1 Å². The maximum atomic E-state index is 9.21. The van der Waals surface area contributed by atoms with Crippen molar-refractivity contribution < 1.29 is 53.1 Å². The van der Waals surface area contributed by atoms with Gasteiger partial charge in [-0.05, 0) is 27.7 Å². The minimum Gasteiger partial charge on any atom is -1.00 e. The number of halogens is 2. The number of aliphatic hydroxyl groups is 2. The average molecular weight is 526 g/mol. The van der Waals surface area contributed by atoms with E-state index in [4.69, 9.17) is 0 Å². The van der Waals surface area contributed by atoms with Gasteiger partial charge in [-0.15, -0.1) is 0 Å². The Labute approximate surface area is 194 Å². The van der Waals surface area contributed by atoms with E-state index in [0.717, 1.165) is 74.2 Å². The molecule has 0 spiro atoms. The first-order valence-electron chi connectivity index (χ1n) is 10.5. The summed E-state index contributed by atoms with van der Waals surface area (Å²) >= 11 is 0. The van der Waals surface area contributed by atoms with Crippen molar-refractivity contribution in [1.29, 1.82) is 0 Å². The van der Waals surface area contributed by atoms with Crippen molar-refractivity contribution in [2.24, 2.45) is 0 Å². The Morgan fingerprint density at radius 1 is 0.607 bits per heavy atom. The zero-order valence-corrected chi connectivity index (χ0v) is 21.5.